The third-order valence-electron chi connectivity index (χ3n) is 17.4. The first-order chi connectivity index (χ1) is 29.8. The molecule has 0 radical (unpaired) electrons. The summed E-state index contributed by atoms with van der Waals surface area (Å²) in [6, 6.07) is 20.5. The van der Waals surface area contributed by atoms with Gasteiger partial charge in [0.1, 0.15) is 149 Å². The Morgan fingerprint density at radius 2 is 0.476 bits per heavy atom. The number of benzene rings is 9. The zero-order valence-electron chi connectivity index (χ0n) is 41.7. The molecule has 0 amide bonds. The van der Waals surface area contributed by atoms with E-state index in [0.29, 0.717) is 0 Å². The minimum Gasteiger partial charge on any atom is -0.102 e. The maximum absolute atomic E-state index is 2.48. The third kappa shape index (κ3) is 5.89. The van der Waals surface area contributed by atoms with Crippen molar-refractivity contribution < 1.29 is 0 Å². The van der Waals surface area contributed by atoms with E-state index in [-0.39, 0.29) is 0 Å². The van der Waals surface area contributed by atoms with Gasteiger partial charge in [-0.05, 0) is 93.3 Å². The predicted molar refractivity (Wildman–Crippen MR) is 346 cm³/mol. The van der Waals surface area contributed by atoms with Gasteiger partial charge in [0.2, 0.25) is 0 Å². The summed E-state index contributed by atoms with van der Waals surface area (Å²) in [7, 11) is 45.3. The molecule has 0 saturated carbocycles. The molecule has 0 atom stereocenters. The Morgan fingerprint density at radius 3 is 0.905 bits per heavy atom. The van der Waals surface area contributed by atoms with Gasteiger partial charge in [0.25, 0.3) is 0 Å². The van der Waals surface area contributed by atoms with Crippen molar-refractivity contribution in [3.05, 3.63) is 54.6 Å². The van der Waals surface area contributed by atoms with Crippen LogP contribution in [0.15, 0.2) is 54.6 Å². The highest BCUT2D eigenvalue weighted by Crippen LogP contribution is 2.43. The van der Waals surface area contributed by atoms with Crippen LogP contribution in [0.25, 0.3) is 87.2 Å². The molecule has 0 heterocycles. The van der Waals surface area contributed by atoms with Gasteiger partial charge in [-0.1, -0.05) is 103 Å². The van der Waals surface area contributed by atoms with E-state index in [2.05, 4.69) is 204 Å². The minimum absolute atomic E-state index is 1.28. The molecule has 0 saturated heterocycles. The van der Waals surface area contributed by atoms with Crippen molar-refractivity contribution >= 4 is 307 Å². The Hall–Kier alpha value is -4.49. The van der Waals surface area contributed by atoms with Crippen LogP contribution in [0.2, 0.25) is 0 Å². The second-order valence-corrected chi connectivity index (χ2v) is 19.7. The van der Waals surface area contributed by atoms with E-state index in [4.69, 9.17) is 0 Å². The van der Waals surface area contributed by atoms with Gasteiger partial charge in [-0.2, -0.15) is 0 Å². The van der Waals surface area contributed by atoms with Crippen LogP contribution in [0.4, 0.5) is 0 Å². The summed E-state index contributed by atoms with van der Waals surface area (Å²) in [4.78, 5) is 0. The van der Waals surface area contributed by atoms with Gasteiger partial charge in [0, 0.05) is 0 Å². The third-order valence-corrected chi connectivity index (χ3v) is 17.4. The molecule has 63 heavy (non-hydrogen) atoms. The Balaban J connectivity index is 1.64. The standard InChI is InChI=1S/C44H47B19/c45-26-15(14-9-10-5-1-2-6-11(10)12-7-3-4-8-13(12)14)18-24(33(52)41(60)36(55)28(18)47)21(27(26)46)16-19-22(31(50)39(58)37(56)29(19)48)17(23-20(16)30(49)38(57)40(59)32(23)51)25-34(53)42(61)44(63)43(62)35(25)54/h1-9H,45-63H2. The van der Waals surface area contributed by atoms with Crippen LogP contribution in [0.1, 0.15) is 0 Å². The normalized spacial score (nSPS) is 11.7. The molecule has 0 N–H and O–H groups in total. The Kier molecular flexibility index (Phi) is 10.6. The van der Waals surface area contributed by atoms with Crippen molar-refractivity contribution in [3.8, 4) is 33.4 Å². The van der Waals surface area contributed by atoms with Crippen molar-refractivity contribution in [2.24, 2.45) is 0 Å². The SMILES string of the molecule is Bc1c(B)c(B)c(-c2c3c(B)c(B)c(B)c(B)c3c(-c3c(B)c(B)c(-c4cc5ccccc5c5ccccc45)c4c(B)c(B)c(B)c(B)c34)c3c(B)c(B)c(B)c(B)c23)c(B)c1B. The molecule has 0 aliphatic carbocycles. The molecule has 9 aromatic carbocycles. The van der Waals surface area contributed by atoms with E-state index < -0.39 is 0 Å². The van der Waals surface area contributed by atoms with Crippen molar-refractivity contribution in [1.29, 1.82) is 0 Å². The average Bonchev–Trinajstić information content (AvgIpc) is 3.28. The molecule has 19 heteroatoms. The summed E-state index contributed by atoms with van der Waals surface area (Å²) >= 11 is 0. The summed E-state index contributed by atoms with van der Waals surface area (Å²) in [6.07, 6.45) is 0. The van der Waals surface area contributed by atoms with Crippen LogP contribution < -0.4 is 104 Å². The van der Waals surface area contributed by atoms with Crippen molar-refractivity contribution in [2.45, 2.75) is 0 Å². The topological polar surface area (TPSA) is 0 Å². The van der Waals surface area contributed by atoms with Gasteiger partial charge in [-0.15, -0.1) is 49.2 Å². The van der Waals surface area contributed by atoms with Gasteiger partial charge < -0.3 is 0 Å². The van der Waals surface area contributed by atoms with Crippen LogP contribution in [-0.4, -0.2) is 149 Å². The maximum Gasteiger partial charge on any atom is 0.139 e. The number of hydrogen-bond donors (Lipinski definition) is 0. The molecule has 9 rings (SSSR count). The summed E-state index contributed by atoms with van der Waals surface area (Å²) in [5, 5.41) is 13.7. The smallest absolute Gasteiger partial charge is 0.102 e. The van der Waals surface area contributed by atoms with E-state index >= 15 is 0 Å². The highest BCUT2D eigenvalue weighted by atomic mass is 14.3. The Labute approximate surface area is 392 Å². The first kappa shape index (κ1) is 43.8. The van der Waals surface area contributed by atoms with Gasteiger partial charge in [0.05, 0.1) is 0 Å². The largest absolute Gasteiger partial charge is 0.139 e. The zero-order chi connectivity index (χ0) is 45.6. The quantitative estimate of drug-likeness (QED) is 0.0952. The van der Waals surface area contributed by atoms with E-state index in [1.165, 1.54) is 191 Å². The first-order valence-corrected chi connectivity index (χ1v) is 23.2. The molecule has 0 aromatic heterocycles. The number of fused-ring (bicyclic) bond motifs is 6. The average molecular weight is 781 g/mol. The predicted octanol–water partition coefficient (Wildman–Crippen LogP) is -20.6. The van der Waals surface area contributed by atoms with Crippen molar-refractivity contribution in [3.63, 3.8) is 0 Å². The molecule has 9 aromatic rings. The molecule has 280 valence electrons. The Bertz CT molecular complexity index is 3510. The molecular formula is C44H47B19. The van der Waals surface area contributed by atoms with Crippen LogP contribution in [-0.2, 0) is 0 Å². The highest BCUT2D eigenvalue weighted by Gasteiger charge is 2.31. The van der Waals surface area contributed by atoms with Crippen LogP contribution in [0, 0.1) is 0 Å². The monoisotopic (exact) mass is 785 g/mol. The summed E-state index contributed by atoms with van der Waals surface area (Å²) in [5.74, 6) is 0. The fourth-order valence-corrected chi connectivity index (χ4v) is 12.1. The van der Waals surface area contributed by atoms with Gasteiger partial charge >= 0.3 is 0 Å². The van der Waals surface area contributed by atoms with Gasteiger partial charge in [0.15, 0.2) is 0 Å². The summed E-state index contributed by atoms with van der Waals surface area (Å²) in [5.41, 5.74) is 34.8. The lowest BCUT2D eigenvalue weighted by atomic mass is 9.55. The lowest BCUT2D eigenvalue weighted by molar-refractivity contribution is 1.75. The van der Waals surface area contributed by atoms with E-state index in [1.807, 2.05) is 0 Å². The second kappa shape index (κ2) is 15.3. The number of rotatable bonds is 3. The number of hydrogen-bond acceptors (Lipinski definition) is 0. The zero-order valence-corrected chi connectivity index (χ0v) is 41.7. The van der Waals surface area contributed by atoms with Gasteiger partial charge in [-0.25, -0.2) is 0 Å². The lowest BCUT2D eigenvalue weighted by Crippen LogP contribution is -2.55. The van der Waals surface area contributed by atoms with Crippen molar-refractivity contribution in [2.75, 3.05) is 0 Å². The molecule has 0 spiro atoms. The van der Waals surface area contributed by atoms with Crippen LogP contribution in [0.3, 0.4) is 0 Å². The minimum atomic E-state index is 1.28. The molecule has 0 aliphatic rings. The summed E-state index contributed by atoms with van der Waals surface area (Å²) < 4.78 is 0. The molecule has 0 unspecified atom stereocenters. The summed E-state index contributed by atoms with van der Waals surface area (Å²) in [6.45, 7) is 0. The molecule has 0 nitrogen and oxygen atoms in total. The molecule has 0 aliphatic heterocycles. The van der Waals surface area contributed by atoms with E-state index in [1.54, 1.807) is 0 Å². The van der Waals surface area contributed by atoms with Crippen LogP contribution >= 0.6 is 0 Å². The first-order valence-electron chi connectivity index (χ1n) is 23.2. The fourth-order valence-electron chi connectivity index (χ4n) is 12.1. The van der Waals surface area contributed by atoms with E-state index in [9.17, 15) is 0 Å². The van der Waals surface area contributed by atoms with E-state index in [0.717, 1.165) is 0 Å². The second-order valence-electron chi connectivity index (χ2n) is 19.7. The molecule has 0 fully saturated rings. The highest BCUT2D eigenvalue weighted by molar-refractivity contribution is 6.75. The van der Waals surface area contributed by atoms with Crippen LogP contribution in [0.5, 0.6) is 0 Å². The van der Waals surface area contributed by atoms with Gasteiger partial charge in [-0.3, -0.25) is 0 Å². The van der Waals surface area contributed by atoms with Crippen molar-refractivity contribution in [1.82, 2.24) is 0 Å². The maximum atomic E-state index is 2.48. The lowest BCUT2D eigenvalue weighted by Gasteiger charge is -2.32. The molecule has 0 bridgehead atoms. The Morgan fingerprint density at radius 1 is 0.206 bits per heavy atom. The molecular weight excluding hydrogens is 734 g/mol. The fraction of sp³-hybridized carbons (Fsp3) is 0.